The van der Waals surface area contributed by atoms with E-state index in [1.54, 1.807) is 6.33 Å². The number of amides is 1. The van der Waals surface area contributed by atoms with E-state index in [9.17, 15) is 4.79 Å². The molecule has 0 aromatic carbocycles. The van der Waals surface area contributed by atoms with E-state index >= 15 is 0 Å². The number of anilines is 1. The van der Waals surface area contributed by atoms with Crippen LogP contribution in [0.25, 0.3) is 0 Å². The largest absolute Gasteiger partial charge is 0.353 e. The SMILES string of the molecule is Cc1ncnc(N2CCN(C(=O)[C@H]3CC4(CCNCC4)CN3)CC2)c1C. The minimum absolute atomic E-state index is 0.00248. The summed E-state index contributed by atoms with van der Waals surface area (Å²) in [6, 6.07) is 0.00248. The highest BCUT2D eigenvalue weighted by atomic mass is 16.2. The summed E-state index contributed by atoms with van der Waals surface area (Å²) in [6.07, 6.45) is 5.00. The lowest BCUT2D eigenvalue weighted by Gasteiger charge is -2.37. The van der Waals surface area contributed by atoms with Crippen LogP contribution < -0.4 is 15.5 Å². The average Bonchev–Trinajstić information content (AvgIpc) is 3.07. The van der Waals surface area contributed by atoms with Gasteiger partial charge in [0.05, 0.1) is 6.04 Å². The van der Waals surface area contributed by atoms with Crippen LogP contribution in [0.3, 0.4) is 0 Å². The van der Waals surface area contributed by atoms with Gasteiger partial charge in [0.2, 0.25) is 5.91 Å². The molecule has 7 heteroatoms. The van der Waals surface area contributed by atoms with Crippen LogP contribution in [0.1, 0.15) is 30.5 Å². The van der Waals surface area contributed by atoms with E-state index in [4.69, 9.17) is 0 Å². The number of hydrogen-bond donors (Lipinski definition) is 2. The summed E-state index contributed by atoms with van der Waals surface area (Å²) in [5.41, 5.74) is 2.50. The summed E-state index contributed by atoms with van der Waals surface area (Å²) in [6.45, 7) is 10.5. The van der Waals surface area contributed by atoms with Crippen LogP contribution in [0.5, 0.6) is 0 Å². The average molecular weight is 358 g/mol. The maximum atomic E-state index is 13.0. The molecule has 4 heterocycles. The summed E-state index contributed by atoms with van der Waals surface area (Å²) >= 11 is 0. The third kappa shape index (κ3) is 3.30. The Balaban J connectivity index is 1.35. The van der Waals surface area contributed by atoms with Gasteiger partial charge in [-0.15, -0.1) is 0 Å². The number of carbonyl (C=O) groups is 1. The van der Waals surface area contributed by atoms with Crippen molar-refractivity contribution in [3.63, 3.8) is 0 Å². The normalized spacial score (nSPS) is 25.7. The second-order valence-electron chi connectivity index (χ2n) is 8.11. The third-order valence-corrected chi connectivity index (χ3v) is 6.52. The van der Waals surface area contributed by atoms with Crippen molar-refractivity contribution < 1.29 is 4.79 Å². The molecular formula is C19H30N6O. The Hall–Kier alpha value is -1.73. The topological polar surface area (TPSA) is 73.4 Å². The Bertz CT molecular complexity index is 664. The number of piperidine rings is 1. The molecule has 1 spiro atoms. The smallest absolute Gasteiger partial charge is 0.239 e. The number of nitrogens with zero attached hydrogens (tertiary/aromatic N) is 4. The lowest BCUT2D eigenvalue weighted by atomic mass is 9.77. The molecule has 26 heavy (non-hydrogen) atoms. The Kier molecular flexibility index (Phi) is 4.84. The van der Waals surface area contributed by atoms with Crippen molar-refractivity contribution in [1.82, 2.24) is 25.5 Å². The molecular weight excluding hydrogens is 328 g/mol. The first-order valence-electron chi connectivity index (χ1n) is 9.84. The lowest BCUT2D eigenvalue weighted by molar-refractivity contribution is -0.133. The van der Waals surface area contributed by atoms with Gasteiger partial charge in [0.1, 0.15) is 12.1 Å². The van der Waals surface area contributed by atoms with Gasteiger partial charge in [0.15, 0.2) is 0 Å². The van der Waals surface area contributed by atoms with E-state index in [0.717, 1.165) is 69.3 Å². The van der Waals surface area contributed by atoms with Crippen LogP contribution in [0.2, 0.25) is 0 Å². The fourth-order valence-corrected chi connectivity index (χ4v) is 4.63. The van der Waals surface area contributed by atoms with Gasteiger partial charge >= 0.3 is 0 Å². The molecule has 3 saturated heterocycles. The number of hydrogen-bond acceptors (Lipinski definition) is 6. The summed E-state index contributed by atoms with van der Waals surface area (Å²) < 4.78 is 0. The summed E-state index contributed by atoms with van der Waals surface area (Å²) in [7, 11) is 0. The lowest BCUT2D eigenvalue weighted by Crippen LogP contribution is -2.53. The summed E-state index contributed by atoms with van der Waals surface area (Å²) in [5, 5.41) is 6.95. The highest BCUT2D eigenvalue weighted by Crippen LogP contribution is 2.37. The molecule has 1 atom stereocenters. The number of nitrogens with one attached hydrogen (secondary N) is 2. The molecule has 2 N–H and O–H groups in total. The minimum Gasteiger partial charge on any atom is -0.353 e. The van der Waals surface area contributed by atoms with Gasteiger partial charge in [0, 0.05) is 44.0 Å². The van der Waals surface area contributed by atoms with Crippen LogP contribution in [0.15, 0.2) is 6.33 Å². The molecule has 142 valence electrons. The molecule has 7 nitrogen and oxygen atoms in total. The first-order chi connectivity index (χ1) is 12.6. The Labute approximate surface area is 155 Å². The number of carbonyl (C=O) groups excluding carboxylic acids is 1. The van der Waals surface area contributed by atoms with Gasteiger partial charge in [-0.05, 0) is 51.6 Å². The van der Waals surface area contributed by atoms with E-state index in [2.05, 4.69) is 32.4 Å². The van der Waals surface area contributed by atoms with Crippen molar-refractivity contribution in [2.75, 3.05) is 50.7 Å². The Morgan fingerprint density at radius 1 is 1.15 bits per heavy atom. The zero-order chi connectivity index (χ0) is 18.1. The molecule has 0 unspecified atom stereocenters. The molecule has 3 aliphatic heterocycles. The zero-order valence-corrected chi connectivity index (χ0v) is 15.9. The standard InChI is InChI=1S/C19H30N6O/c1-14-15(2)22-13-23-17(14)24-7-9-25(10-8-24)18(26)16-11-19(12-21-16)3-5-20-6-4-19/h13,16,20-21H,3-12H2,1-2H3/t16-/m1/s1. The molecule has 0 saturated carbocycles. The zero-order valence-electron chi connectivity index (χ0n) is 15.9. The predicted molar refractivity (Wildman–Crippen MR) is 101 cm³/mol. The van der Waals surface area contributed by atoms with Crippen molar-refractivity contribution in [2.24, 2.45) is 5.41 Å². The van der Waals surface area contributed by atoms with Crippen LogP contribution in [-0.2, 0) is 4.79 Å². The van der Waals surface area contributed by atoms with Gasteiger partial charge in [-0.2, -0.15) is 0 Å². The van der Waals surface area contributed by atoms with Crippen LogP contribution in [0, 0.1) is 19.3 Å². The molecule has 3 fully saturated rings. The highest BCUT2D eigenvalue weighted by molar-refractivity contribution is 5.82. The van der Waals surface area contributed by atoms with Crippen molar-refractivity contribution in [3.05, 3.63) is 17.6 Å². The van der Waals surface area contributed by atoms with Crippen LogP contribution in [0.4, 0.5) is 5.82 Å². The van der Waals surface area contributed by atoms with Crippen molar-refractivity contribution in [3.8, 4) is 0 Å². The van der Waals surface area contributed by atoms with E-state index in [1.165, 1.54) is 12.8 Å². The van der Waals surface area contributed by atoms with Crippen molar-refractivity contribution >= 4 is 11.7 Å². The summed E-state index contributed by atoms with van der Waals surface area (Å²) in [5.74, 6) is 1.30. The van der Waals surface area contributed by atoms with Crippen molar-refractivity contribution in [1.29, 1.82) is 0 Å². The molecule has 0 aliphatic carbocycles. The fraction of sp³-hybridized carbons (Fsp3) is 0.737. The molecule has 0 bridgehead atoms. The van der Waals surface area contributed by atoms with E-state index in [1.807, 2.05) is 11.8 Å². The van der Waals surface area contributed by atoms with Gasteiger partial charge in [0.25, 0.3) is 0 Å². The first kappa shape index (κ1) is 17.7. The highest BCUT2D eigenvalue weighted by Gasteiger charge is 2.43. The maximum absolute atomic E-state index is 13.0. The molecule has 1 aromatic heterocycles. The second kappa shape index (κ2) is 7.12. The quantitative estimate of drug-likeness (QED) is 0.801. The number of aromatic nitrogens is 2. The fourth-order valence-electron chi connectivity index (χ4n) is 4.63. The van der Waals surface area contributed by atoms with Gasteiger partial charge in [-0.1, -0.05) is 0 Å². The monoisotopic (exact) mass is 358 g/mol. The van der Waals surface area contributed by atoms with E-state index < -0.39 is 0 Å². The predicted octanol–water partition coefficient (Wildman–Crippen LogP) is 0.474. The summed E-state index contributed by atoms with van der Waals surface area (Å²) in [4.78, 5) is 26.0. The third-order valence-electron chi connectivity index (χ3n) is 6.52. The van der Waals surface area contributed by atoms with Gasteiger partial charge in [-0.3, -0.25) is 4.79 Å². The molecule has 4 rings (SSSR count). The Morgan fingerprint density at radius 3 is 2.62 bits per heavy atom. The van der Waals surface area contributed by atoms with Gasteiger partial charge in [-0.25, -0.2) is 9.97 Å². The van der Waals surface area contributed by atoms with Gasteiger partial charge < -0.3 is 20.4 Å². The number of piperazine rings is 1. The molecule has 3 aliphatic rings. The second-order valence-corrected chi connectivity index (χ2v) is 8.11. The van der Waals surface area contributed by atoms with Crippen LogP contribution in [-0.4, -0.2) is 72.6 Å². The van der Waals surface area contributed by atoms with E-state index in [0.29, 0.717) is 5.41 Å². The molecule has 1 amide bonds. The van der Waals surface area contributed by atoms with Crippen LogP contribution >= 0.6 is 0 Å². The van der Waals surface area contributed by atoms with Crippen molar-refractivity contribution in [2.45, 2.75) is 39.2 Å². The van der Waals surface area contributed by atoms with E-state index in [-0.39, 0.29) is 11.9 Å². The Morgan fingerprint density at radius 2 is 1.88 bits per heavy atom. The molecule has 0 radical (unpaired) electrons. The first-order valence-corrected chi connectivity index (χ1v) is 9.84. The maximum Gasteiger partial charge on any atom is 0.239 e. The molecule has 1 aromatic rings. The number of aryl methyl sites for hydroxylation is 1. The number of rotatable bonds is 2. The minimum atomic E-state index is 0.00248.